The lowest BCUT2D eigenvalue weighted by atomic mass is 10.0. The summed E-state index contributed by atoms with van der Waals surface area (Å²) in [5.41, 5.74) is 0.157. The molecule has 0 radical (unpaired) electrons. The third-order valence-electron chi connectivity index (χ3n) is 2.02. The van der Waals surface area contributed by atoms with Crippen molar-refractivity contribution in [1.29, 1.82) is 0 Å². The Balaban J connectivity index is 2.41. The predicted molar refractivity (Wildman–Crippen MR) is 44.5 cm³/mol. The number of hydrogen-bond donors (Lipinski definition) is 2. The van der Waals surface area contributed by atoms with Gasteiger partial charge in [-0.05, 0) is 12.3 Å². The van der Waals surface area contributed by atoms with Crippen LogP contribution < -0.4 is 0 Å². The maximum absolute atomic E-state index is 8.90. The summed E-state index contributed by atoms with van der Waals surface area (Å²) in [4.78, 5) is 0. The van der Waals surface area contributed by atoms with Gasteiger partial charge < -0.3 is 14.9 Å². The summed E-state index contributed by atoms with van der Waals surface area (Å²) < 4.78 is 5.12. The smallest absolute Gasteiger partial charge is 0.103 e. The fraction of sp³-hybridized carbons (Fsp3) is 1.00. The molecule has 0 amide bonds. The van der Waals surface area contributed by atoms with E-state index >= 15 is 0 Å². The zero-order valence-corrected chi connectivity index (χ0v) is 7.38. The van der Waals surface area contributed by atoms with Gasteiger partial charge in [0.15, 0.2) is 0 Å². The molecular formula is C7H14O3S. The summed E-state index contributed by atoms with van der Waals surface area (Å²) >= 11 is 1.61. The topological polar surface area (TPSA) is 49.7 Å². The summed E-state index contributed by atoms with van der Waals surface area (Å²) in [6, 6.07) is 0. The molecule has 1 saturated heterocycles. The molecule has 66 valence electrons. The number of aliphatic hydroxyl groups is 2. The minimum Gasteiger partial charge on any atom is -0.396 e. The molecular weight excluding hydrogens is 164 g/mol. The van der Waals surface area contributed by atoms with Crippen molar-refractivity contribution in [3.8, 4) is 0 Å². The summed E-state index contributed by atoms with van der Waals surface area (Å²) in [5.74, 6) is 0.204. The molecule has 1 aliphatic rings. The van der Waals surface area contributed by atoms with E-state index in [9.17, 15) is 0 Å². The molecule has 0 aromatic rings. The molecule has 4 heteroatoms. The molecule has 0 saturated carbocycles. The number of rotatable bonds is 3. The van der Waals surface area contributed by atoms with E-state index in [1.165, 1.54) is 0 Å². The first kappa shape index (κ1) is 9.32. The number of aliphatic hydroxyl groups excluding tert-OH is 2. The van der Waals surface area contributed by atoms with Crippen LogP contribution in [0.4, 0.5) is 0 Å². The highest BCUT2D eigenvalue weighted by Crippen LogP contribution is 2.37. The van der Waals surface area contributed by atoms with E-state index in [-0.39, 0.29) is 29.8 Å². The van der Waals surface area contributed by atoms with Crippen LogP contribution in [0.1, 0.15) is 6.42 Å². The van der Waals surface area contributed by atoms with E-state index in [1.54, 1.807) is 18.9 Å². The molecule has 2 N–H and O–H groups in total. The maximum Gasteiger partial charge on any atom is 0.103 e. The summed E-state index contributed by atoms with van der Waals surface area (Å²) in [6.07, 6.45) is 0.850. The number of thioether (sulfide) groups is 1. The largest absolute Gasteiger partial charge is 0.396 e. The number of methoxy groups -OCH3 is 1. The third-order valence-corrected chi connectivity index (χ3v) is 3.60. The molecule has 0 aromatic heterocycles. The first-order chi connectivity index (χ1) is 5.31. The van der Waals surface area contributed by atoms with Crippen molar-refractivity contribution in [2.24, 2.45) is 5.92 Å². The van der Waals surface area contributed by atoms with E-state index in [1.807, 2.05) is 0 Å². The number of ether oxygens (including phenoxy) is 1. The van der Waals surface area contributed by atoms with Crippen LogP contribution in [0.3, 0.4) is 0 Å². The normalized spacial score (nSPS) is 37.9. The van der Waals surface area contributed by atoms with Crippen LogP contribution in [-0.4, -0.2) is 41.2 Å². The summed E-state index contributed by atoms with van der Waals surface area (Å²) in [7, 11) is 1.66. The Morgan fingerprint density at radius 3 is 2.55 bits per heavy atom. The van der Waals surface area contributed by atoms with E-state index in [0.717, 1.165) is 6.42 Å². The Kier molecular flexibility index (Phi) is 3.65. The second kappa shape index (κ2) is 4.30. The lowest BCUT2D eigenvalue weighted by molar-refractivity contribution is 0.133. The Labute approximate surface area is 70.7 Å². The highest BCUT2D eigenvalue weighted by Gasteiger charge is 2.33. The second-order valence-corrected chi connectivity index (χ2v) is 4.10. The molecule has 11 heavy (non-hydrogen) atoms. The Morgan fingerprint density at radius 2 is 2.18 bits per heavy atom. The minimum absolute atomic E-state index is 0.135. The van der Waals surface area contributed by atoms with Crippen molar-refractivity contribution in [2.75, 3.05) is 20.3 Å². The van der Waals surface area contributed by atoms with E-state index < -0.39 is 0 Å². The lowest BCUT2D eigenvalue weighted by Crippen LogP contribution is -2.18. The molecule has 3 nitrogen and oxygen atoms in total. The molecule has 1 fully saturated rings. The van der Waals surface area contributed by atoms with Crippen LogP contribution in [0.2, 0.25) is 0 Å². The molecule has 1 rings (SSSR count). The fourth-order valence-electron chi connectivity index (χ4n) is 1.30. The van der Waals surface area contributed by atoms with Gasteiger partial charge in [0.1, 0.15) is 5.44 Å². The van der Waals surface area contributed by atoms with E-state index in [0.29, 0.717) is 0 Å². The zero-order valence-electron chi connectivity index (χ0n) is 6.56. The Morgan fingerprint density at radius 1 is 1.45 bits per heavy atom. The molecule has 3 atom stereocenters. The average Bonchev–Trinajstić information content (AvgIpc) is 2.46. The van der Waals surface area contributed by atoms with Gasteiger partial charge in [0.2, 0.25) is 0 Å². The van der Waals surface area contributed by atoms with Crippen molar-refractivity contribution in [2.45, 2.75) is 17.1 Å². The van der Waals surface area contributed by atoms with Gasteiger partial charge in [-0.3, -0.25) is 0 Å². The second-order valence-electron chi connectivity index (χ2n) is 2.70. The molecule has 3 unspecified atom stereocenters. The van der Waals surface area contributed by atoms with Crippen molar-refractivity contribution < 1.29 is 14.9 Å². The highest BCUT2D eigenvalue weighted by molar-refractivity contribution is 8.00. The summed E-state index contributed by atoms with van der Waals surface area (Å²) in [5, 5.41) is 18.0. The maximum atomic E-state index is 8.90. The van der Waals surface area contributed by atoms with Gasteiger partial charge in [-0.1, -0.05) is 0 Å². The van der Waals surface area contributed by atoms with Crippen LogP contribution in [-0.2, 0) is 4.74 Å². The Bertz CT molecular complexity index is 108. The molecule has 0 spiro atoms. The predicted octanol–water partition coefficient (Wildman–Crippen LogP) is 0.0652. The SMILES string of the molecule is COC1CC(CO)C(CO)S1. The van der Waals surface area contributed by atoms with Crippen LogP contribution >= 0.6 is 11.8 Å². The molecule has 1 aliphatic heterocycles. The van der Waals surface area contributed by atoms with Crippen LogP contribution in [0, 0.1) is 5.92 Å². The van der Waals surface area contributed by atoms with Crippen molar-refractivity contribution in [3.63, 3.8) is 0 Å². The monoisotopic (exact) mass is 178 g/mol. The van der Waals surface area contributed by atoms with Crippen LogP contribution in [0.5, 0.6) is 0 Å². The van der Waals surface area contributed by atoms with Gasteiger partial charge in [0.25, 0.3) is 0 Å². The number of hydrogen-bond acceptors (Lipinski definition) is 4. The molecule has 0 bridgehead atoms. The lowest BCUT2D eigenvalue weighted by Gasteiger charge is -2.11. The van der Waals surface area contributed by atoms with Gasteiger partial charge >= 0.3 is 0 Å². The van der Waals surface area contributed by atoms with E-state index in [4.69, 9.17) is 14.9 Å². The van der Waals surface area contributed by atoms with Gasteiger partial charge in [-0.15, -0.1) is 11.8 Å². The average molecular weight is 178 g/mol. The van der Waals surface area contributed by atoms with Gasteiger partial charge in [0, 0.05) is 19.0 Å². The minimum atomic E-state index is 0.135. The van der Waals surface area contributed by atoms with Gasteiger partial charge in [-0.25, -0.2) is 0 Å². The van der Waals surface area contributed by atoms with E-state index in [2.05, 4.69) is 0 Å². The quantitative estimate of drug-likeness (QED) is 0.642. The van der Waals surface area contributed by atoms with Crippen molar-refractivity contribution >= 4 is 11.8 Å². The first-order valence-corrected chi connectivity index (χ1v) is 4.66. The Hall–Kier alpha value is 0.230. The van der Waals surface area contributed by atoms with Gasteiger partial charge in [-0.2, -0.15) is 0 Å². The van der Waals surface area contributed by atoms with Crippen molar-refractivity contribution in [1.82, 2.24) is 0 Å². The highest BCUT2D eigenvalue weighted by atomic mass is 32.2. The molecule has 0 aliphatic carbocycles. The standard InChI is InChI=1S/C7H14O3S/c1-10-7-2-5(3-8)6(4-9)11-7/h5-9H,2-4H2,1H3. The van der Waals surface area contributed by atoms with Crippen LogP contribution in [0.15, 0.2) is 0 Å². The zero-order chi connectivity index (χ0) is 8.27. The summed E-state index contributed by atoms with van der Waals surface area (Å²) in [6.45, 7) is 0.286. The first-order valence-electron chi connectivity index (χ1n) is 3.71. The van der Waals surface area contributed by atoms with Crippen molar-refractivity contribution in [3.05, 3.63) is 0 Å². The third kappa shape index (κ3) is 2.08. The fourth-order valence-corrected chi connectivity index (χ4v) is 2.66. The van der Waals surface area contributed by atoms with Gasteiger partial charge in [0.05, 0.1) is 6.61 Å². The molecule has 0 aromatic carbocycles. The molecule has 1 heterocycles. The van der Waals surface area contributed by atoms with Crippen LogP contribution in [0.25, 0.3) is 0 Å².